The predicted octanol–water partition coefficient (Wildman–Crippen LogP) is 2.26. The molecule has 0 heterocycles. The van der Waals surface area contributed by atoms with Crippen molar-refractivity contribution in [2.75, 3.05) is 7.05 Å². The molecule has 3 heteroatoms. The highest BCUT2D eigenvalue weighted by Gasteiger charge is 2.18. The summed E-state index contributed by atoms with van der Waals surface area (Å²) in [6.45, 7) is 0.661. The van der Waals surface area contributed by atoms with E-state index < -0.39 is 0 Å². The topological polar surface area (TPSA) is 41.1 Å². The number of carbonyl (C=O) groups excluding carboxylic acids is 1. The van der Waals surface area contributed by atoms with Crippen LogP contribution in [0.3, 0.4) is 0 Å². The van der Waals surface area contributed by atoms with E-state index in [4.69, 9.17) is 0 Å². The third-order valence-electron chi connectivity index (χ3n) is 2.99. The Balaban J connectivity index is 2.09. The zero-order chi connectivity index (χ0) is 13.5. The molecule has 0 bridgehead atoms. The Morgan fingerprint density at radius 2 is 1.58 bits per heavy atom. The van der Waals surface area contributed by atoms with Gasteiger partial charge in [0.05, 0.1) is 0 Å². The van der Waals surface area contributed by atoms with Crippen LogP contribution in [0.15, 0.2) is 60.7 Å². The maximum atomic E-state index is 12.0. The molecular formula is C16H18N2O. The molecule has 0 saturated carbocycles. The van der Waals surface area contributed by atoms with E-state index in [1.807, 2.05) is 60.7 Å². The molecule has 0 unspecified atom stereocenters. The van der Waals surface area contributed by atoms with E-state index in [0.29, 0.717) is 6.54 Å². The van der Waals surface area contributed by atoms with Crippen molar-refractivity contribution in [3.05, 3.63) is 71.8 Å². The standard InChI is InChI=1S/C16H18N2O/c1-17-16(19)15(14-10-6-3-7-11-14)18-12-13-8-4-2-5-9-13/h2-11,15,18H,12H2,1H3,(H,17,19)/t15-/m1/s1. The Morgan fingerprint density at radius 3 is 2.16 bits per heavy atom. The molecule has 1 amide bonds. The van der Waals surface area contributed by atoms with Crippen LogP contribution in [0.2, 0.25) is 0 Å². The molecule has 3 nitrogen and oxygen atoms in total. The highest BCUT2D eigenvalue weighted by Crippen LogP contribution is 2.13. The van der Waals surface area contributed by atoms with E-state index in [1.54, 1.807) is 7.05 Å². The van der Waals surface area contributed by atoms with Gasteiger partial charge in [-0.2, -0.15) is 0 Å². The van der Waals surface area contributed by atoms with Crippen LogP contribution in [0.25, 0.3) is 0 Å². The van der Waals surface area contributed by atoms with E-state index in [-0.39, 0.29) is 11.9 Å². The first-order chi connectivity index (χ1) is 9.31. The summed E-state index contributed by atoms with van der Waals surface area (Å²) in [5.41, 5.74) is 2.13. The number of hydrogen-bond donors (Lipinski definition) is 2. The Labute approximate surface area is 113 Å². The maximum Gasteiger partial charge on any atom is 0.241 e. The van der Waals surface area contributed by atoms with Gasteiger partial charge in [0.25, 0.3) is 0 Å². The second-order valence-electron chi connectivity index (χ2n) is 4.32. The molecular weight excluding hydrogens is 236 g/mol. The summed E-state index contributed by atoms with van der Waals surface area (Å²) in [4.78, 5) is 12.0. The van der Waals surface area contributed by atoms with Crippen molar-refractivity contribution in [1.82, 2.24) is 10.6 Å². The number of benzene rings is 2. The van der Waals surface area contributed by atoms with Gasteiger partial charge < -0.3 is 5.32 Å². The highest BCUT2D eigenvalue weighted by molar-refractivity contribution is 5.82. The molecule has 0 spiro atoms. The van der Waals surface area contributed by atoms with Gasteiger partial charge in [-0.25, -0.2) is 0 Å². The molecule has 0 aliphatic heterocycles. The molecule has 2 aromatic carbocycles. The number of hydrogen-bond acceptors (Lipinski definition) is 2. The number of amides is 1. The van der Waals surface area contributed by atoms with Crippen LogP contribution in [-0.4, -0.2) is 13.0 Å². The lowest BCUT2D eigenvalue weighted by molar-refractivity contribution is -0.122. The van der Waals surface area contributed by atoms with Crippen LogP contribution in [0.4, 0.5) is 0 Å². The van der Waals surface area contributed by atoms with Crippen LogP contribution in [0.1, 0.15) is 17.2 Å². The fourth-order valence-corrected chi connectivity index (χ4v) is 1.97. The molecule has 2 aromatic rings. The molecule has 0 aliphatic rings. The molecule has 0 fully saturated rings. The summed E-state index contributed by atoms with van der Waals surface area (Å²) in [6, 6.07) is 19.5. The zero-order valence-corrected chi connectivity index (χ0v) is 11.0. The van der Waals surface area contributed by atoms with Crippen LogP contribution in [-0.2, 0) is 11.3 Å². The van der Waals surface area contributed by atoms with Gasteiger partial charge in [-0.3, -0.25) is 10.1 Å². The Kier molecular flexibility index (Phi) is 4.70. The average Bonchev–Trinajstić information content (AvgIpc) is 2.49. The molecule has 0 aromatic heterocycles. The summed E-state index contributed by atoms with van der Waals surface area (Å²) in [5, 5.41) is 5.99. The van der Waals surface area contributed by atoms with Crippen LogP contribution < -0.4 is 10.6 Å². The van der Waals surface area contributed by atoms with E-state index >= 15 is 0 Å². The SMILES string of the molecule is CNC(=O)[C@H](NCc1ccccc1)c1ccccc1. The summed E-state index contributed by atoms with van der Waals surface area (Å²) >= 11 is 0. The molecule has 1 atom stereocenters. The minimum absolute atomic E-state index is 0.0258. The first-order valence-electron chi connectivity index (χ1n) is 6.35. The number of rotatable bonds is 5. The summed E-state index contributed by atoms with van der Waals surface area (Å²) in [6.07, 6.45) is 0. The first-order valence-corrected chi connectivity index (χ1v) is 6.35. The van der Waals surface area contributed by atoms with Gasteiger partial charge >= 0.3 is 0 Å². The van der Waals surface area contributed by atoms with E-state index in [9.17, 15) is 4.79 Å². The fraction of sp³-hybridized carbons (Fsp3) is 0.188. The maximum absolute atomic E-state index is 12.0. The molecule has 98 valence electrons. The first kappa shape index (κ1) is 13.3. The summed E-state index contributed by atoms with van der Waals surface area (Å²) in [5.74, 6) is -0.0258. The third-order valence-corrected chi connectivity index (χ3v) is 2.99. The van der Waals surface area contributed by atoms with Crippen LogP contribution >= 0.6 is 0 Å². The fourth-order valence-electron chi connectivity index (χ4n) is 1.97. The molecule has 19 heavy (non-hydrogen) atoms. The number of nitrogens with one attached hydrogen (secondary N) is 2. The minimum Gasteiger partial charge on any atom is -0.358 e. The van der Waals surface area contributed by atoms with Crippen molar-refractivity contribution in [1.29, 1.82) is 0 Å². The number of carbonyl (C=O) groups is 1. The van der Waals surface area contributed by atoms with Gasteiger partial charge in [-0.1, -0.05) is 60.7 Å². The second-order valence-corrected chi connectivity index (χ2v) is 4.32. The number of likely N-dealkylation sites (N-methyl/N-ethyl adjacent to an activating group) is 1. The van der Waals surface area contributed by atoms with E-state index in [0.717, 1.165) is 11.1 Å². The Bertz CT molecular complexity index is 511. The Morgan fingerprint density at radius 1 is 1.00 bits per heavy atom. The van der Waals surface area contributed by atoms with Crippen LogP contribution in [0, 0.1) is 0 Å². The summed E-state index contributed by atoms with van der Waals surface area (Å²) < 4.78 is 0. The second kappa shape index (κ2) is 6.71. The molecule has 0 radical (unpaired) electrons. The van der Waals surface area contributed by atoms with E-state index in [2.05, 4.69) is 10.6 Å². The molecule has 2 rings (SSSR count). The lowest BCUT2D eigenvalue weighted by Gasteiger charge is -2.17. The van der Waals surface area contributed by atoms with Crippen molar-refractivity contribution in [2.24, 2.45) is 0 Å². The largest absolute Gasteiger partial charge is 0.358 e. The lowest BCUT2D eigenvalue weighted by atomic mass is 10.1. The molecule has 2 N–H and O–H groups in total. The lowest BCUT2D eigenvalue weighted by Crippen LogP contribution is -2.35. The Hall–Kier alpha value is -2.13. The highest BCUT2D eigenvalue weighted by atomic mass is 16.2. The van der Waals surface area contributed by atoms with Crippen molar-refractivity contribution < 1.29 is 4.79 Å². The van der Waals surface area contributed by atoms with Crippen LogP contribution in [0.5, 0.6) is 0 Å². The smallest absolute Gasteiger partial charge is 0.241 e. The van der Waals surface area contributed by atoms with Crippen molar-refractivity contribution >= 4 is 5.91 Å². The van der Waals surface area contributed by atoms with Crippen molar-refractivity contribution in [3.63, 3.8) is 0 Å². The zero-order valence-electron chi connectivity index (χ0n) is 11.0. The monoisotopic (exact) mass is 254 g/mol. The van der Waals surface area contributed by atoms with Crippen molar-refractivity contribution in [2.45, 2.75) is 12.6 Å². The van der Waals surface area contributed by atoms with Gasteiger partial charge in [-0.05, 0) is 11.1 Å². The normalized spacial score (nSPS) is 11.8. The minimum atomic E-state index is -0.327. The van der Waals surface area contributed by atoms with Gasteiger partial charge in [0, 0.05) is 13.6 Å². The predicted molar refractivity (Wildman–Crippen MR) is 76.5 cm³/mol. The summed E-state index contributed by atoms with van der Waals surface area (Å²) in [7, 11) is 1.66. The quantitative estimate of drug-likeness (QED) is 0.859. The van der Waals surface area contributed by atoms with E-state index in [1.165, 1.54) is 0 Å². The van der Waals surface area contributed by atoms with Gasteiger partial charge in [0.1, 0.15) is 6.04 Å². The van der Waals surface area contributed by atoms with Gasteiger partial charge in [0.2, 0.25) is 5.91 Å². The van der Waals surface area contributed by atoms with Gasteiger partial charge in [0.15, 0.2) is 0 Å². The van der Waals surface area contributed by atoms with Gasteiger partial charge in [-0.15, -0.1) is 0 Å². The average molecular weight is 254 g/mol. The van der Waals surface area contributed by atoms with Crippen molar-refractivity contribution in [3.8, 4) is 0 Å². The molecule has 0 aliphatic carbocycles. The molecule has 0 saturated heterocycles. The third kappa shape index (κ3) is 3.66.